The van der Waals surface area contributed by atoms with Gasteiger partial charge in [-0.15, -0.1) is 0 Å². The number of likely N-dealkylation sites (tertiary alicyclic amines) is 1. The Morgan fingerprint density at radius 1 is 1.10 bits per heavy atom. The lowest BCUT2D eigenvalue weighted by atomic mass is 9.90. The van der Waals surface area contributed by atoms with E-state index in [-0.39, 0.29) is 12.0 Å². The summed E-state index contributed by atoms with van der Waals surface area (Å²) in [6.07, 6.45) is 1.47. The molecule has 0 aromatic heterocycles. The third kappa shape index (κ3) is 5.78. The number of hydrogen-bond acceptors (Lipinski definition) is 4. The van der Waals surface area contributed by atoms with Crippen LogP contribution in [0.1, 0.15) is 63.5 Å². The number of carboxylic acid groups (broad SMARTS) is 1. The van der Waals surface area contributed by atoms with Crippen LogP contribution in [0.25, 0.3) is 0 Å². The molecule has 0 spiro atoms. The highest BCUT2D eigenvalue weighted by Gasteiger charge is 2.30. The zero-order chi connectivity index (χ0) is 22.6. The highest BCUT2D eigenvalue weighted by molar-refractivity contribution is 5.76. The van der Waals surface area contributed by atoms with E-state index in [0.717, 1.165) is 18.4 Å². The predicted molar refractivity (Wildman–Crippen MR) is 119 cm³/mol. The van der Waals surface area contributed by atoms with Crippen molar-refractivity contribution in [1.29, 1.82) is 0 Å². The lowest BCUT2D eigenvalue weighted by Gasteiger charge is -2.32. The molecule has 1 fully saturated rings. The molecule has 6 heteroatoms. The molecule has 1 aliphatic heterocycles. The van der Waals surface area contributed by atoms with Gasteiger partial charge in [0.05, 0.1) is 0 Å². The van der Waals surface area contributed by atoms with Gasteiger partial charge in [-0.05, 0) is 68.0 Å². The van der Waals surface area contributed by atoms with Crippen molar-refractivity contribution >= 4 is 12.1 Å². The number of nitrogens with zero attached hydrogens (tertiary/aromatic N) is 1. The van der Waals surface area contributed by atoms with Crippen molar-refractivity contribution < 1.29 is 24.2 Å². The normalized spacial score (nSPS) is 16.8. The van der Waals surface area contributed by atoms with Crippen LogP contribution >= 0.6 is 0 Å². The Morgan fingerprint density at radius 2 is 1.81 bits per heavy atom. The molecule has 166 valence electrons. The molecule has 2 aromatic carbocycles. The van der Waals surface area contributed by atoms with Gasteiger partial charge in [-0.25, -0.2) is 9.59 Å². The van der Waals surface area contributed by atoms with E-state index < -0.39 is 11.6 Å². The molecule has 1 aliphatic rings. The van der Waals surface area contributed by atoms with Gasteiger partial charge < -0.3 is 19.5 Å². The quantitative estimate of drug-likeness (QED) is 0.668. The molecule has 1 unspecified atom stereocenters. The maximum atomic E-state index is 12.7. The van der Waals surface area contributed by atoms with Crippen molar-refractivity contribution in [2.75, 3.05) is 13.1 Å². The number of carboxylic acids is 1. The van der Waals surface area contributed by atoms with Crippen molar-refractivity contribution in [2.24, 2.45) is 0 Å². The monoisotopic (exact) mass is 425 g/mol. The van der Waals surface area contributed by atoms with Gasteiger partial charge in [0.2, 0.25) is 0 Å². The number of aliphatic carboxylic acids is 1. The van der Waals surface area contributed by atoms with Crippen LogP contribution in [0.2, 0.25) is 0 Å². The average Bonchev–Trinajstić information content (AvgIpc) is 2.74. The number of carbonyl (C=O) groups is 2. The first-order chi connectivity index (χ1) is 14.7. The van der Waals surface area contributed by atoms with E-state index in [1.54, 1.807) is 11.0 Å². The Hall–Kier alpha value is -3.02. The van der Waals surface area contributed by atoms with Gasteiger partial charge in [0.25, 0.3) is 0 Å². The van der Waals surface area contributed by atoms with E-state index in [2.05, 4.69) is 13.8 Å². The van der Waals surface area contributed by atoms with Gasteiger partial charge in [-0.2, -0.15) is 0 Å². The Bertz CT molecular complexity index is 920. The van der Waals surface area contributed by atoms with Crippen molar-refractivity contribution in [3.63, 3.8) is 0 Å². The fraction of sp³-hybridized carbons (Fsp3) is 0.440. The number of amides is 1. The number of ether oxygens (including phenoxy) is 2. The van der Waals surface area contributed by atoms with Gasteiger partial charge in [-0.1, -0.05) is 38.1 Å². The average molecular weight is 426 g/mol. The van der Waals surface area contributed by atoms with E-state index in [4.69, 9.17) is 9.47 Å². The SMILES string of the molecule is CC(C)c1ccc(OC(=O)N2CCCC(c3cccc(OC(C)(C)C(=O)O)c3)C2)cc1. The van der Waals surface area contributed by atoms with Crippen molar-refractivity contribution in [3.05, 3.63) is 59.7 Å². The number of hydrogen-bond donors (Lipinski definition) is 1. The van der Waals surface area contributed by atoms with Gasteiger partial charge in [0.15, 0.2) is 5.60 Å². The van der Waals surface area contributed by atoms with Crippen molar-refractivity contribution in [2.45, 2.75) is 58.0 Å². The summed E-state index contributed by atoms with van der Waals surface area (Å²) in [6, 6.07) is 15.1. The minimum atomic E-state index is -1.31. The standard InChI is InChI=1S/C25H31NO5/c1-17(2)18-10-12-21(13-11-18)30-24(29)26-14-6-8-20(16-26)19-7-5-9-22(15-19)31-25(3,4)23(27)28/h5,7,9-13,15,17,20H,6,8,14,16H2,1-4H3,(H,27,28). The lowest BCUT2D eigenvalue weighted by Crippen LogP contribution is -2.40. The zero-order valence-corrected chi connectivity index (χ0v) is 18.6. The second-order valence-electron chi connectivity index (χ2n) is 8.87. The number of carbonyl (C=O) groups excluding carboxylic acids is 1. The van der Waals surface area contributed by atoms with E-state index in [9.17, 15) is 14.7 Å². The van der Waals surface area contributed by atoms with Gasteiger partial charge in [0, 0.05) is 19.0 Å². The van der Waals surface area contributed by atoms with E-state index in [0.29, 0.717) is 30.5 Å². The van der Waals surface area contributed by atoms with Crippen molar-refractivity contribution in [1.82, 2.24) is 4.90 Å². The predicted octanol–water partition coefficient (Wildman–Crippen LogP) is 5.43. The van der Waals surface area contributed by atoms with Crippen LogP contribution in [0.5, 0.6) is 11.5 Å². The first kappa shape index (κ1) is 22.7. The lowest BCUT2D eigenvalue weighted by molar-refractivity contribution is -0.152. The summed E-state index contributed by atoms with van der Waals surface area (Å²) in [5, 5.41) is 9.30. The van der Waals surface area contributed by atoms with Crippen LogP contribution in [-0.2, 0) is 4.79 Å². The summed E-state index contributed by atoms with van der Waals surface area (Å²) in [5.41, 5.74) is 0.912. The molecule has 0 radical (unpaired) electrons. The molecule has 1 amide bonds. The van der Waals surface area contributed by atoms with Gasteiger partial charge in [0.1, 0.15) is 11.5 Å². The molecule has 0 saturated carbocycles. The first-order valence-electron chi connectivity index (χ1n) is 10.7. The number of rotatable bonds is 6. The van der Waals surface area contributed by atoms with Crippen LogP contribution in [0.15, 0.2) is 48.5 Å². The maximum Gasteiger partial charge on any atom is 0.415 e. The fourth-order valence-electron chi connectivity index (χ4n) is 3.67. The molecule has 1 heterocycles. The van der Waals surface area contributed by atoms with Crippen LogP contribution in [0, 0.1) is 0 Å². The second-order valence-corrected chi connectivity index (χ2v) is 8.87. The van der Waals surface area contributed by atoms with E-state index in [1.807, 2.05) is 42.5 Å². The summed E-state index contributed by atoms with van der Waals surface area (Å²) in [7, 11) is 0. The van der Waals surface area contributed by atoms with Crippen LogP contribution in [-0.4, -0.2) is 40.8 Å². The smallest absolute Gasteiger partial charge is 0.415 e. The Kier molecular flexibility index (Phi) is 6.88. The molecule has 1 N–H and O–H groups in total. The first-order valence-corrected chi connectivity index (χ1v) is 10.7. The molecule has 0 aliphatic carbocycles. The summed E-state index contributed by atoms with van der Waals surface area (Å²) in [5.74, 6) is 0.595. The molecule has 3 rings (SSSR count). The molecular formula is C25H31NO5. The topological polar surface area (TPSA) is 76.1 Å². The highest BCUT2D eigenvalue weighted by Crippen LogP contribution is 2.31. The summed E-state index contributed by atoms with van der Waals surface area (Å²) < 4.78 is 11.3. The van der Waals surface area contributed by atoms with Crippen LogP contribution < -0.4 is 9.47 Å². The molecule has 0 bridgehead atoms. The Balaban J connectivity index is 1.65. The maximum absolute atomic E-state index is 12.7. The molecule has 2 aromatic rings. The molecule has 31 heavy (non-hydrogen) atoms. The van der Waals surface area contributed by atoms with E-state index in [1.165, 1.54) is 19.4 Å². The third-order valence-corrected chi connectivity index (χ3v) is 5.65. The Morgan fingerprint density at radius 3 is 2.45 bits per heavy atom. The largest absolute Gasteiger partial charge is 0.478 e. The highest BCUT2D eigenvalue weighted by atomic mass is 16.6. The number of benzene rings is 2. The van der Waals surface area contributed by atoms with Crippen molar-refractivity contribution in [3.8, 4) is 11.5 Å². The van der Waals surface area contributed by atoms with Gasteiger partial charge in [-0.3, -0.25) is 0 Å². The molecule has 1 saturated heterocycles. The van der Waals surface area contributed by atoms with E-state index >= 15 is 0 Å². The summed E-state index contributed by atoms with van der Waals surface area (Å²) >= 11 is 0. The minimum Gasteiger partial charge on any atom is -0.478 e. The van der Waals surface area contributed by atoms with Crippen LogP contribution in [0.4, 0.5) is 4.79 Å². The Labute approximate surface area is 183 Å². The third-order valence-electron chi connectivity index (χ3n) is 5.65. The van der Waals surface area contributed by atoms with Crippen LogP contribution in [0.3, 0.4) is 0 Å². The summed E-state index contributed by atoms with van der Waals surface area (Å²) in [4.78, 5) is 25.8. The molecule has 6 nitrogen and oxygen atoms in total. The van der Waals surface area contributed by atoms with Gasteiger partial charge >= 0.3 is 12.1 Å². The minimum absolute atomic E-state index is 0.140. The summed E-state index contributed by atoms with van der Waals surface area (Å²) in [6.45, 7) is 8.49. The molecular weight excluding hydrogens is 394 g/mol. The fourth-order valence-corrected chi connectivity index (χ4v) is 3.67. The number of piperidine rings is 1. The second kappa shape index (κ2) is 9.41. The molecule has 1 atom stereocenters. The zero-order valence-electron chi connectivity index (χ0n) is 18.6.